The number of esters is 1. The number of hydrogen-bond acceptors (Lipinski definition) is 4. The second kappa shape index (κ2) is 6.88. The van der Waals surface area contributed by atoms with E-state index in [-0.39, 0.29) is 5.97 Å². The molecule has 0 N–H and O–H groups in total. The van der Waals surface area contributed by atoms with Gasteiger partial charge in [-0.1, -0.05) is 23.8 Å². The van der Waals surface area contributed by atoms with Crippen molar-refractivity contribution >= 4 is 16.9 Å². The van der Waals surface area contributed by atoms with Gasteiger partial charge < -0.3 is 18.8 Å². The van der Waals surface area contributed by atoms with Crippen molar-refractivity contribution in [1.29, 1.82) is 0 Å². The minimum atomic E-state index is -1.08. The number of rotatable bonds is 3. The number of aromatic nitrogens is 1. The zero-order chi connectivity index (χ0) is 22.9. The molecule has 2 aliphatic heterocycles. The Bertz CT molecular complexity index is 1460. The second-order valence-corrected chi connectivity index (χ2v) is 8.75. The quantitative estimate of drug-likeness (QED) is 0.354. The lowest BCUT2D eigenvalue weighted by Gasteiger charge is -2.36. The average molecular weight is 440 g/mol. The highest BCUT2D eigenvalue weighted by Crippen LogP contribution is 2.58. The van der Waals surface area contributed by atoms with Crippen molar-refractivity contribution in [2.24, 2.45) is 0 Å². The second-order valence-electron chi connectivity index (χ2n) is 8.75. The van der Waals surface area contributed by atoms with Crippen LogP contribution in [-0.2, 0) is 16.9 Å². The topological polar surface area (TPSA) is 49.7 Å². The number of benzene rings is 3. The summed E-state index contributed by atoms with van der Waals surface area (Å²) in [6.07, 6.45) is 0. The lowest BCUT2D eigenvalue weighted by molar-refractivity contribution is 0.0220. The summed E-state index contributed by atoms with van der Waals surface area (Å²) in [6.45, 7) is 9.34. The maximum Gasteiger partial charge on any atom is 0.357 e. The Morgan fingerprint density at radius 1 is 0.909 bits per heavy atom. The van der Waals surface area contributed by atoms with Gasteiger partial charge >= 0.3 is 5.97 Å². The molecular formula is C28H25NO4. The number of carbonyl (C=O) groups excluding carboxylic acids is 1. The molecule has 0 fully saturated rings. The molecule has 33 heavy (non-hydrogen) atoms. The molecule has 2 aliphatic rings. The molecule has 5 nitrogen and oxygen atoms in total. The van der Waals surface area contributed by atoms with Crippen molar-refractivity contribution in [2.75, 3.05) is 6.61 Å². The molecule has 1 spiro atoms. The molecule has 0 amide bonds. The third-order valence-electron chi connectivity index (χ3n) is 6.71. The molecule has 5 heteroatoms. The highest BCUT2D eigenvalue weighted by molar-refractivity contribution is 6.05. The summed E-state index contributed by atoms with van der Waals surface area (Å²) in [7, 11) is 0. The fourth-order valence-corrected chi connectivity index (χ4v) is 5.39. The third-order valence-corrected chi connectivity index (χ3v) is 6.71. The molecule has 0 saturated carbocycles. The van der Waals surface area contributed by atoms with E-state index in [9.17, 15) is 4.79 Å². The van der Waals surface area contributed by atoms with Crippen molar-refractivity contribution in [3.63, 3.8) is 0 Å². The zero-order valence-electron chi connectivity index (χ0n) is 19.2. The summed E-state index contributed by atoms with van der Waals surface area (Å²) in [5, 5.41) is 1.03. The van der Waals surface area contributed by atoms with Crippen LogP contribution in [0.3, 0.4) is 0 Å². The first-order valence-corrected chi connectivity index (χ1v) is 11.4. The smallest absolute Gasteiger partial charge is 0.357 e. The lowest BCUT2D eigenvalue weighted by atomic mass is 9.77. The Kier molecular flexibility index (Phi) is 4.15. The van der Waals surface area contributed by atoms with Crippen LogP contribution in [-0.4, -0.2) is 17.1 Å². The first kappa shape index (κ1) is 19.9. The van der Waals surface area contributed by atoms with Crippen molar-refractivity contribution < 1.29 is 19.0 Å². The van der Waals surface area contributed by atoms with E-state index in [2.05, 4.69) is 36.6 Å². The van der Waals surface area contributed by atoms with Crippen LogP contribution in [0.1, 0.15) is 52.2 Å². The summed E-state index contributed by atoms with van der Waals surface area (Å²) in [6, 6.07) is 18.2. The van der Waals surface area contributed by atoms with E-state index in [1.807, 2.05) is 50.2 Å². The SMILES string of the molecule is CCOc1ccc2c(c1)Oc1cc(C)ccc1C21OC(=O)c2c1c1cc(C)ccc1n2CC. The largest absolute Gasteiger partial charge is 0.494 e. The predicted octanol–water partition coefficient (Wildman–Crippen LogP) is 6.24. The molecule has 1 atom stereocenters. The van der Waals surface area contributed by atoms with Crippen molar-refractivity contribution in [3.05, 3.63) is 88.1 Å². The molecular weight excluding hydrogens is 414 g/mol. The molecule has 3 heterocycles. The normalized spacial score (nSPS) is 18.0. The third kappa shape index (κ3) is 2.56. The van der Waals surface area contributed by atoms with Gasteiger partial charge in [0.1, 0.15) is 22.9 Å². The van der Waals surface area contributed by atoms with E-state index in [1.54, 1.807) is 0 Å². The van der Waals surface area contributed by atoms with Crippen LogP contribution in [0.4, 0.5) is 0 Å². The van der Waals surface area contributed by atoms with Gasteiger partial charge in [-0.25, -0.2) is 4.79 Å². The van der Waals surface area contributed by atoms with Gasteiger partial charge in [-0.2, -0.15) is 0 Å². The Balaban J connectivity index is 1.76. The minimum Gasteiger partial charge on any atom is -0.494 e. The molecule has 4 aromatic rings. The van der Waals surface area contributed by atoms with Crippen molar-refractivity contribution in [3.8, 4) is 17.2 Å². The van der Waals surface area contributed by atoms with Gasteiger partial charge in [0.15, 0.2) is 5.60 Å². The molecule has 3 aromatic carbocycles. The summed E-state index contributed by atoms with van der Waals surface area (Å²) >= 11 is 0. The number of carbonyl (C=O) groups is 1. The van der Waals surface area contributed by atoms with Crippen LogP contribution in [0.5, 0.6) is 17.2 Å². The zero-order valence-corrected chi connectivity index (χ0v) is 19.2. The summed E-state index contributed by atoms with van der Waals surface area (Å²) < 4.78 is 20.6. The van der Waals surface area contributed by atoms with E-state index >= 15 is 0 Å². The molecule has 0 aliphatic carbocycles. The van der Waals surface area contributed by atoms with Gasteiger partial charge in [0.05, 0.1) is 6.61 Å². The van der Waals surface area contributed by atoms with Crippen LogP contribution in [0.2, 0.25) is 0 Å². The minimum absolute atomic E-state index is 0.311. The van der Waals surface area contributed by atoms with E-state index in [4.69, 9.17) is 14.2 Å². The highest BCUT2D eigenvalue weighted by atomic mass is 16.6. The summed E-state index contributed by atoms with van der Waals surface area (Å²) in [5.74, 6) is 1.75. The first-order valence-electron chi connectivity index (χ1n) is 11.4. The molecule has 0 saturated heterocycles. The number of hydrogen-bond donors (Lipinski definition) is 0. The Morgan fingerprint density at radius 3 is 2.36 bits per heavy atom. The van der Waals surface area contributed by atoms with Crippen LogP contribution < -0.4 is 9.47 Å². The molecule has 1 unspecified atom stereocenters. The van der Waals surface area contributed by atoms with E-state index < -0.39 is 5.60 Å². The predicted molar refractivity (Wildman–Crippen MR) is 127 cm³/mol. The lowest BCUT2D eigenvalue weighted by Crippen LogP contribution is -2.33. The Hall–Kier alpha value is -3.73. The Labute approximate surface area is 192 Å². The molecule has 6 rings (SSSR count). The van der Waals surface area contributed by atoms with Gasteiger partial charge in [-0.05, 0) is 63.6 Å². The number of ether oxygens (including phenoxy) is 3. The van der Waals surface area contributed by atoms with E-state index in [1.165, 1.54) is 0 Å². The molecule has 0 bridgehead atoms. The van der Waals surface area contributed by atoms with Gasteiger partial charge in [-0.15, -0.1) is 0 Å². The van der Waals surface area contributed by atoms with E-state index in [0.29, 0.717) is 30.3 Å². The maximum atomic E-state index is 13.5. The monoisotopic (exact) mass is 439 g/mol. The summed E-state index contributed by atoms with van der Waals surface area (Å²) in [5.41, 5.74) is 5.33. The van der Waals surface area contributed by atoms with E-state index in [0.717, 1.165) is 44.5 Å². The standard InChI is InChI=1S/C28H25NO4/c1-5-29-22-12-8-16(3)13-19(22)25-26(29)27(30)33-28(25)20-10-7-17(4)14-23(20)32-24-15-18(31-6-2)9-11-21(24)28/h7-15H,5-6H2,1-4H3. The number of nitrogens with zero attached hydrogens (tertiary/aromatic N) is 1. The van der Waals surface area contributed by atoms with Crippen LogP contribution >= 0.6 is 0 Å². The van der Waals surface area contributed by atoms with Crippen molar-refractivity contribution in [2.45, 2.75) is 39.8 Å². The van der Waals surface area contributed by atoms with Crippen LogP contribution in [0.25, 0.3) is 10.9 Å². The summed E-state index contributed by atoms with van der Waals surface area (Å²) in [4.78, 5) is 13.5. The number of fused-ring (bicyclic) bond motifs is 8. The molecule has 166 valence electrons. The van der Waals surface area contributed by atoms with Gasteiger partial charge in [-0.3, -0.25) is 0 Å². The van der Waals surface area contributed by atoms with Gasteiger partial charge in [0.2, 0.25) is 0 Å². The number of aryl methyl sites for hydroxylation is 3. The Morgan fingerprint density at radius 2 is 1.61 bits per heavy atom. The van der Waals surface area contributed by atoms with Crippen molar-refractivity contribution in [1.82, 2.24) is 4.57 Å². The first-order chi connectivity index (χ1) is 16.0. The molecule has 0 radical (unpaired) electrons. The van der Waals surface area contributed by atoms with Gasteiger partial charge in [0.25, 0.3) is 0 Å². The highest BCUT2D eigenvalue weighted by Gasteiger charge is 2.56. The fourth-order valence-electron chi connectivity index (χ4n) is 5.39. The van der Waals surface area contributed by atoms with Crippen LogP contribution in [0.15, 0.2) is 54.6 Å². The maximum absolute atomic E-state index is 13.5. The van der Waals surface area contributed by atoms with Crippen LogP contribution in [0, 0.1) is 13.8 Å². The van der Waals surface area contributed by atoms with Gasteiger partial charge in [0, 0.05) is 40.2 Å². The average Bonchev–Trinajstić information content (AvgIpc) is 3.27. The molecule has 1 aromatic heterocycles. The fraction of sp³-hybridized carbons (Fsp3) is 0.250.